The molecule has 55 heavy (non-hydrogen) atoms. The monoisotopic (exact) mass is 699 g/mol. The van der Waals surface area contributed by atoms with Gasteiger partial charge in [-0.3, -0.25) is 0 Å². The van der Waals surface area contributed by atoms with E-state index in [9.17, 15) is 0 Å². The van der Waals surface area contributed by atoms with Gasteiger partial charge in [0.2, 0.25) is 0 Å². The first kappa shape index (κ1) is 32.4. The third kappa shape index (κ3) is 5.93. The molecule has 1 nitrogen and oxygen atoms in total. The Labute approximate surface area is 322 Å². The molecule has 0 saturated heterocycles. The molecule has 0 heterocycles. The summed E-state index contributed by atoms with van der Waals surface area (Å²) in [6, 6.07) is 81.4. The fraction of sp³-hybridized carbons (Fsp3) is 0. The van der Waals surface area contributed by atoms with Crippen LogP contribution < -0.4 is 4.90 Å². The molecular formula is C54H37N. The average Bonchev–Trinajstić information content (AvgIpc) is 3.27. The highest BCUT2D eigenvalue weighted by Crippen LogP contribution is 2.45. The van der Waals surface area contributed by atoms with Crippen molar-refractivity contribution in [1.82, 2.24) is 0 Å². The van der Waals surface area contributed by atoms with E-state index in [2.05, 4.69) is 229 Å². The average molecular weight is 700 g/mol. The van der Waals surface area contributed by atoms with E-state index in [0.29, 0.717) is 0 Å². The quantitative estimate of drug-likeness (QED) is 0.160. The molecule has 1 heteroatoms. The van der Waals surface area contributed by atoms with Crippen molar-refractivity contribution in [2.24, 2.45) is 0 Å². The summed E-state index contributed by atoms with van der Waals surface area (Å²) in [7, 11) is 0. The lowest BCUT2D eigenvalue weighted by atomic mass is 9.89. The van der Waals surface area contributed by atoms with Gasteiger partial charge in [-0.2, -0.15) is 0 Å². The maximum atomic E-state index is 2.41. The molecule has 10 aromatic carbocycles. The number of rotatable bonds is 7. The van der Waals surface area contributed by atoms with Gasteiger partial charge in [0.25, 0.3) is 0 Å². The second kappa shape index (κ2) is 14.0. The second-order valence-corrected chi connectivity index (χ2v) is 14.1. The molecule has 0 spiro atoms. The highest BCUT2D eigenvalue weighted by molar-refractivity contribution is 6.10. The lowest BCUT2D eigenvalue weighted by Crippen LogP contribution is -2.10. The van der Waals surface area contributed by atoms with Gasteiger partial charge in [0, 0.05) is 16.8 Å². The summed E-state index contributed by atoms with van der Waals surface area (Å²) in [5.74, 6) is 0. The summed E-state index contributed by atoms with van der Waals surface area (Å²) in [6.45, 7) is 0. The minimum Gasteiger partial charge on any atom is -0.310 e. The molecular weight excluding hydrogens is 663 g/mol. The van der Waals surface area contributed by atoms with E-state index in [1.807, 2.05) is 0 Å². The molecule has 0 aliphatic rings. The van der Waals surface area contributed by atoms with Gasteiger partial charge >= 0.3 is 0 Å². The molecule has 10 rings (SSSR count). The number of fused-ring (bicyclic) bond motifs is 3. The molecule has 0 bridgehead atoms. The van der Waals surface area contributed by atoms with Gasteiger partial charge in [-0.15, -0.1) is 0 Å². The van der Waals surface area contributed by atoms with E-state index in [1.54, 1.807) is 0 Å². The van der Waals surface area contributed by atoms with Crippen molar-refractivity contribution < 1.29 is 0 Å². The highest BCUT2D eigenvalue weighted by Gasteiger charge is 2.19. The van der Waals surface area contributed by atoms with Gasteiger partial charge in [-0.05, 0) is 102 Å². The predicted molar refractivity (Wildman–Crippen MR) is 235 cm³/mol. The number of anilines is 3. The van der Waals surface area contributed by atoms with E-state index in [4.69, 9.17) is 0 Å². The fourth-order valence-electron chi connectivity index (χ4n) is 8.25. The molecule has 10 aromatic rings. The van der Waals surface area contributed by atoms with Crippen LogP contribution in [0, 0.1) is 0 Å². The third-order valence-electron chi connectivity index (χ3n) is 10.9. The van der Waals surface area contributed by atoms with E-state index >= 15 is 0 Å². The van der Waals surface area contributed by atoms with Crippen LogP contribution >= 0.6 is 0 Å². The van der Waals surface area contributed by atoms with Gasteiger partial charge in [0.1, 0.15) is 0 Å². The maximum absolute atomic E-state index is 2.41. The molecule has 0 N–H and O–H groups in total. The van der Waals surface area contributed by atoms with E-state index in [-0.39, 0.29) is 0 Å². The molecule has 0 aliphatic carbocycles. The Morgan fingerprint density at radius 2 is 0.709 bits per heavy atom. The van der Waals surface area contributed by atoms with Gasteiger partial charge in [0.05, 0.1) is 5.69 Å². The number of hydrogen-bond acceptors (Lipinski definition) is 1. The van der Waals surface area contributed by atoms with Crippen molar-refractivity contribution in [3.8, 4) is 44.5 Å². The predicted octanol–water partition coefficient (Wildman–Crippen LogP) is 15.3. The summed E-state index contributed by atoms with van der Waals surface area (Å²) in [4.78, 5) is 2.41. The maximum Gasteiger partial charge on any atom is 0.0540 e. The van der Waals surface area contributed by atoms with E-state index in [0.717, 1.165) is 17.1 Å². The Hall–Kier alpha value is -7.22. The standard InChI is InChI=1S/C54H37N/c1-3-14-38(15-4-1)39-26-31-44(32-27-39)55(53-37-36-51(50-23-11-12-24-52(50)53)49-25-13-20-40-18-7-9-21-46(40)49)45-33-28-43(29-34-45)54-47-22-10-8-19-42(47)30-35-48(54)41-16-5-2-6-17-41/h1-37H. The first-order valence-corrected chi connectivity index (χ1v) is 18.9. The van der Waals surface area contributed by atoms with Crippen LogP contribution in [0.5, 0.6) is 0 Å². The summed E-state index contributed by atoms with van der Waals surface area (Å²) >= 11 is 0. The molecule has 0 radical (unpaired) electrons. The van der Waals surface area contributed by atoms with Crippen molar-refractivity contribution in [3.63, 3.8) is 0 Å². The van der Waals surface area contributed by atoms with Crippen molar-refractivity contribution >= 4 is 49.4 Å². The summed E-state index contributed by atoms with van der Waals surface area (Å²) in [6.07, 6.45) is 0. The number of benzene rings is 10. The minimum absolute atomic E-state index is 1.10. The smallest absolute Gasteiger partial charge is 0.0540 e. The van der Waals surface area contributed by atoms with E-state index in [1.165, 1.54) is 76.8 Å². The van der Waals surface area contributed by atoms with E-state index < -0.39 is 0 Å². The van der Waals surface area contributed by atoms with Gasteiger partial charge < -0.3 is 4.90 Å². The SMILES string of the molecule is c1ccc(-c2ccc(N(c3ccc(-c4c(-c5ccccc5)ccc5ccccc45)cc3)c3ccc(-c4cccc5ccccc45)c4ccccc34)cc2)cc1. The zero-order valence-electron chi connectivity index (χ0n) is 30.3. The zero-order valence-corrected chi connectivity index (χ0v) is 30.3. The van der Waals surface area contributed by atoms with Gasteiger partial charge in [0.15, 0.2) is 0 Å². The minimum atomic E-state index is 1.10. The number of nitrogens with zero attached hydrogens (tertiary/aromatic N) is 1. The van der Waals surface area contributed by atoms with Crippen LogP contribution in [-0.2, 0) is 0 Å². The molecule has 0 atom stereocenters. The molecule has 0 amide bonds. The Kier molecular flexibility index (Phi) is 8.24. The Morgan fingerprint density at radius 3 is 1.40 bits per heavy atom. The van der Waals surface area contributed by atoms with Gasteiger partial charge in [-0.1, -0.05) is 194 Å². The van der Waals surface area contributed by atoms with Crippen LogP contribution in [0.1, 0.15) is 0 Å². The van der Waals surface area contributed by atoms with Crippen molar-refractivity contribution in [2.45, 2.75) is 0 Å². The summed E-state index contributed by atoms with van der Waals surface area (Å²) < 4.78 is 0. The molecule has 0 unspecified atom stereocenters. The van der Waals surface area contributed by atoms with Crippen LogP contribution in [-0.4, -0.2) is 0 Å². The first-order chi connectivity index (χ1) is 27.3. The normalized spacial score (nSPS) is 11.3. The summed E-state index contributed by atoms with van der Waals surface area (Å²) in [5, 5.41) is 7.41. The summed E-state index contributed by atoms with van der Waals surface area (Å²) in [5.41, 5.74) is 13.1. The topological polar surface area (TPSA) is 3.24 Å². The van der Waals surface area contributed by atoms with Crippen LogP contribution in [0.2, 0.25) is 0 Å². The second-order valence-electron chi connectivity index (χ2n) is 14.1. The lowest BCUT2D eigenvalue weighted by molar-refractivity contribution is 1.30. The first-order valence-electron chi connectivity index (χ1n) is 18.9. The Balaban J connectivity index is 1.15. The molecule has 0 aliphatic heterocycles. The Bertz CT molecular complexity index is 2940. The highest BCUT2D eigenvalue weighted by atomic mass is 15.1. The van der Waals surface area contributed by atoms with Crippen LogP contribution in [0.4, 0.5) is 17.1 Å². The molecule has 258 valence electrons. The largest absolute Gasteiger partial charge is 0.310 e. The van der Waals surface area contributed by atoms with Crippen LogP contribution in [0.25, 0.3) is 76.8 Å². The van der Waals surface area contributed by atoms with Crippen molar-refractivity contribution in [3.05, 3.63) is 224 Å². The number of hydrogen-bond donors (Lipinski definition) is 0. The third-order valence-corrected chi connectivity index (χ3v) is 10.9. The zero-order chi connectivity index (χ0) is 36.6. The van der Waals surface area contributed by atoms with Gasteiger partial charge in [-0.25, -0.2) is 0 Å². The fourth-order valence-corrected chi connectivity index (χ4v) is 8.25. The molecule has 0 fully saturated rings. The Morgan fingerprint density at radius 1 is 0.236 bits per heavy atom. The van der Waals surface area contributed by atoms with Crippen molar-refractivity contribution in [2.75, 3.05) is 4.90 Å². The van der Waals surface area contributed by atoms with Crippen LogP contribution in [0.3, 0.4) is 0 Å². The van der Waals surface area contributed by atoms with Crippen LogP contribution in [0.15, 0.2) is 224 Å². The lowest BCUT2D eigenvalue weighted by Gasteiger charge is -2.28. The molecule has 0 saturated carbocycles. The molecule has 0 aromatic heterocycles. The van der Waals surface area contributed by atoms with Crippen molar-refractivity contribution in [1.29, 1.82) is 0 Å².